The van der Waals surface area contributed by atoms with Gasteiger partial charge in [0.15, 0.2) is 5.78 Å². The Morgan fingerprint density at radius 3 is 0.625 bits per heavy atom. The topological polar surface area (TPSA) is 78.9 Å². The molecule has 0 amide bonds. The lowest BCUT2D eigenvalue weighted by atomic mass is 9.97. The number of carbonyl (C=O) groups excluding carboxylic acids is 1. The van der Waals surface area contributed by atoms with Crippen molar-refractivity contribution in [1.82, 2.24) is 0 Å². The van der Waals surface area contributed by atoms with Crippen molar-refractivity contribution in [3.8, 4) is 45.6 Å². The largest absolute Gasteiger partial charge is 0.457 e. The molecule has 0 aliphatic heterocycles. The number of ether oxygens (including phenoxy) is 3. The molecule has 0 atom stereocenters. The summed E-state index contributed by atoms with van der Waals surface area (Å²) in [6, 6.07) is 72.3. The maximum atomic E-state index is 12.6. The average Bonchev–Trinajstić information content (AvgIpc) is 0.775. The molecule has 12 aromatic rings. The van der Waals surface area contributed by atoms with Crippen LogP contribution in [-0.2, 0) is 9.84 Å². The molecule has 0 heterocycles. The van der Waals surface area contributed by atoms with Crippen LogP contribution in [0.5, 0.6) is 34.5 Å². The summed E-state index contributed by atoms with van der Waals surface area (Å²) in [6.07, 6.45) is 0. The van der Waals surface area contributed by atoms with Gasteiger partial charge in [0.1, 0.15) is 34.5 Å². The normalized spacial score (nSPS) is 10.6. The second-order valence-corrected chi connectivity index (χ2v) is 30.3. The molecule has 6 nitrogen and oxygen atoms in total. The number of carbonyl (C=O) groups is 1. The van der Waals surface area contributed by atoms with Crippen LogP contribution in [-0.4, -0.2) is 14.2 Å². The van der Waals surface area contributed by atoms with E-state index in [1.165, 1.54) is 111 Å². The molecule has 7 heteroatoms. The van der Waals surface area contributed by atoms with Gasteiger partial charge in [-0.3, -0.25) is 4.79 Å². The predicted octanol–water partition coefficient (Wildman–Crippen LogP) is 26.6. The molecule has 0 radical (unpaired) electrons. The SMILES string of the molecule is Cc1cc(C)c(C)cc1C.Cc1ccc(-c2ccc(C)c(C)c2)cc1C.Cc1ccc(C(=O)c2ccc(C)c(C)c2)cc1C.Cc1ccc(Oc2ccc(C)c(C)c2)cc1C.Cc1ccc(Oc2ccc(Oc3ccc(C)c(C)c3)cc2)cc1C.Cc1ccc(S(=O)(=O)c2ccc(C)c(C)c2)cc1C. The smallest absolute Gasteiger partial charge is 0.206 e. The van der Waals surface area contributed by atoms with Crippen LogP contribution in [0.3, 0.4) is 0 Å². The molecule has 0 aliphatic carbocycles. The fraction of sp³-hybridized carbons (Fsp3) is 0.247. The molecule has 0 bridgehead atoms. The predicted molar refractivity (Wildman–Crippen MR) is 439 cm³/mol. The van der Waals surface area contributed by atoms with Gasteiger partial charge < -0.3 is 14.2 Å². The van der Waals surface area contributed by atoms with Crippen LogP contribution in [0, 0.1) is 166 Å². The van der Waals surface area contributed by atoms with Gasteiger partial charge in [-0.2, -0.15) is 0 Å². The fourth-order valence-electron chi connectivity index (χ4n) is 10.9. The molecule has 12 aromatic carbocycles. The molecule has 0 spiro atoms. The van der Waals surface area contributed by atoms with Gasteiger partial charge in [-0.25, -0.2) is 8.42 Å². The quantitative estimate of drug-likeness (QED) is 0.120. The lowest BCUT2D eigenvalue weighted by molar-refractivity contribution is 0.103. The molecule has 0 saturated heterocycles. The van der Waals surface area contributed by atoms with E-state index in [4.69, 9.17) is 14.2 Å². The Balaban J connectivity index is 0.000000177. The van der Waals surface area contributed by atoms with Crippen molar-refractivity contribution in [2.75, 3.05) is 0 Å². The summed E-state index contributed by atoms with van der Waals surface area (Å²) >= 11 is 0. The van der Waals surface area contributed by atoms with Crippen molar-refractivity contribution in [3.63, 3.8) is 0 Å². The van der Waals surface area contributed by atoms with E-state index in [1.807, 2.05) is 139 Å². The van der Waals surface area contributed by atoms with Gasteiger partial charge >= 0.3 is 0 Å². The second-order valence-electron chi connectivity index (χ2n) is 28.3. The van der Waals surface area contributed by atoms with E-state index in [1.54, 1.807) is 24.3 Å². The number of ketones is 1. The highest BCUT2D eigenvalue weighted by atomic mass is 32.2. The van der Waals surface area contributed by atoms with Crippen LogP contribution in [0.15, 0.2) is 228 Å². The van der Waals surface area contributed by atoms with Gasteiger partial charge in [0, 0.05) is 11.1 Å². The van der Waals surface area contributed by atoms with Crippen molar-refractivity contribution in [2.45, 2.75) is 176 Å². The highest BCUT2D eigenvalue weighted by Crippen LogP contribution is 2.32. The zero-order valence-corrected chi connectivity index (χ0v) is 67.0. The molecule has 538 valence electrons. The molecule has 0 aromatic heterocycles. The molecule has 0 N–H and O–H groups in total. The Morgan fingerprint density at radius 2 is 0.385 bits per heavy atom. The third-order valence-corrected chi connectivity index (χ3v) is 21.8. The van der Waals surface area contributed by atoms with Crippen molar-refractivity contribution in [1.29, 1.82) is 0 Å². The summed E-state index contributed by atoms with van der Waals surface area (Å²) < 4.78 is 42.8. The maximum Gasteiger partial charge on any atom is 0.206 e. The minimum Gasteiger partial charge on any atom is -0.457 e. The number of hydrogen-bond donors (Lipinski definition) is 0. The van der Waals surface area contributed by atoms with Crippen molar-refractivity contribution in [3.05, 3.63) is 363 Å². The first-order chi connectivity index (χ1) is 49.1. The first kappa shape index (κ1) is 81.0. The van der Waals surface area contributed by atoms with E-state index in [2.05, 4.69) is 222 Å². The highest BCUT2D eigenvalue weighted by Gasteiger charge is 2.19. The maximum absolute atomic E-state index is 12.6. The van der Waals surface area contributed by atoms with E-state index >= 15 is 0 Å². The molecule has 12 rings (SSSR count). The van der Waals surface area contributed by atoms with E-state index in [0.29, 0.717) is 9.79 Å². The summed E-state index contributed by atoms with van der Waals surface area (Å²) in [7, 11) is -3.42. The van der Waals surface area contributed by atoms with Crippen LogP contribution < -0.4 is 14.2 Å². The van der Waals surface area contributed by atoms with Gasteiger partial charge in [-0.15, -0.1) is 0 Å². The standard InChI is InChI=1S/C22H22O2.C17H18O.C16H18O2S.C16H18O.C16H18.C10H14/c1-15-5-7-21(13-17(15)3)23-19-9-11-20(12-10-19)24-22-8-6-16(2)18(4)14-22;1-11-5-7-15(9-13(11)3)17(18)16-8-6-12(2)14(4)10-16;1-11-5-7-15(9-13(11)3)19(17,18)16-8-6-12(2)14(4)10-16;1-11-5-7-15(9-13(11)3)17-16-8-6-12(2)14(4)10-16;1-11-5-7-15(9-13(11)3)16-8-6-12(2)14(4)10-16;1-7-5-9(3)10(4)6-8(7)2/h5-14H,1-4H3;5-10H,1-4H3;5-10H,1-4H3;5-10H,1-4H3;5-10H,1-4H3;5-6H,1-4H3. The van der Waals surface area contributed by atoms with E-state index in [9.17, 15) is 13.2 Å². The van der Waals surface area contributed by atoms with Crippen LogP contribution in [0.25, 0.3) is 11.1 Å². The fourth-order valence-corrected chi connectivity index (χ4v) is 12.3. The Bertz CT molecular complexity index is 4790. The number of aryl methyl sites for hydroxylation is 24. The monoisotopic (exact) mass is 1400 g/mol. The molecule has 0 unspecified atom stereocenters. The third kappa shape index (κ3) is 22.8. The zero-order chi connectivity index (χ0) is 76.4. The van der Waals surface area contributed by atoms with Gasteiger partial charge in [0.2, 0.25) is 9.84 Å². The van der Waals surface area contributed by atoms with Crippen molar-refractivity contribution in [2.24, 2.45) is 0 Å². The number of benzene rings is 12. The molecule has 104 heavy (non-hydrogen) atoms. The molecule has 0 fully saturated rings. The number of sulfone groups is 1. The lowest BCUT2D eigenvalue weighted by Crippen LogP contribution is -2.03. The van der Waals surface area contributed by atoms with Gasteiger partial charge in [0.25, 0.3) is 0 Å². The lowest BCUT2D eigenvalue weighted by Gasteiger charge is -2.10. The Labute approximate surface area is 623 Å². The Hall–Kier alpha value is -10.3. The van der Waals surface area contributed by atoms with Crippen LogP contribution in [0.2, 0.25) is 0 Å². The highest BCUT2D eigenvalue weighted by molar-refractivity contribution is 7.91. The Morgan fingerprint density at radius 1 is 0.192 bits per heavy atom. The van der Waals surface area contributed by atoms with E-state index < -0.39 is 9.84 Å². The van der Waals surface area contributed by atoms with Crippen LogP contribution in [0.1, 0.15) is 149 Å². The van der Waals surface area contributed by atoms with Crippen LogP contribution >= 0.6 is 0 Å². The van der Waals surface area contributed by atoms with Gasteiger partial charge in [-0.05, 0) is 420 Å². The van der Waals surface area contributed by atoms with Gasteiger partial charge in [0.05, 0.1) is 9.79 Å². The average molecular weight is 1400 g/mol. The van der Waals surface area contributed by atoms with Crippen LogP contribution in [0.4, 0.5) is 0 Å². The summed E-state index contributed by atoms with van der Waals surface area (Å²) in [6.45, 7) is 50.0. The minimum absolute atomic E-state index is 0.0983. The summed E-state index contributed by atoms with van der Waals surface area (Å²) in [5.41, 5.74) is 34.1. The van der Waals surface area contributed by atoms with E-state index in [-0.39, 0.29) is 5.78 Å². The molecular formula is C97H108O6S. The van der Waals surface area contributed by atoms with Crippen molar-refractivity contribution >= 4 is 15.6 Å². The number of rotatable bonds is 11. The second kappa shape index (κ2) is 36.7. The molecular weight excluding hydrogens is 1290 g/mol. The summed E-state index contributed by atoms with van der Waals surface area (Å²) in [4.78, 5) is 13.1. The van der Waals surface area contributed by atoms with E-state index in [0.717, 1.165) is 79.0 Å². The van der Waals surface area contributed by atoms with Gasteiger partial charge in [-0.1, -0.05) is 109 Å². The Kier molecular flexibility index (Phi) is 28.6. The van der Waals surface area contributed by atoms with Crippen molar-refractivity contribution < 1.29 is 27.4 Å². The number of hydrogen-bond acceptors (Lipinski definition) is 6. The summed E-state index contributed by atoms with van der Waals surface area (Å²) in [5.74, 6) is 5.19. The zero-order valence-electron chi connectivity index (χ0n) is 66.1. The minimum atomic E-state index is -3.42. The first-order valence-electron chi connectivity index (χ1n) is 35.8. The molecule has 0 saturated carbocycles. The summed E-state index contributed by atoms with van der Waals surface area (Å²) in [5, 5.41) is 0. The third-order valence-electron chi connectivity index (χ3n) is 20.0. The molecule has 0 aliphatic rings. The first-order valence-corrected chi connectivity index (χ1v) is 37.3.